The molecule has 1 aliphatic carbocycles. The molecule has 3 N–H and O–H groups in total. The maximum absolute atomic E-state index is 11.2. The first kappa shape index (κ1) is 12.3. The van der Waals surface area contributed by atoms with Gasteiger partial charge in [0.15, 0.2) is 0 Å². The predicted molar refractivity (Wildman–Crippen MR) is 59.8 cm³/mol. The molecule has 0 heterocycles. The molecular formula is C11H22N2O2. The van der Waals surface area contributed by atoms with Crippen LogP contribution in [0.15, 0.2) is 0 Å². The Morgan fingerprint density at radius 2 is 1.73 bits per heavy atom. The number of nitrogens with zero attached hydrogens (tertiary/aromatic N) is 1. The smallest absolute Gasteiger partial charge is 0.407 e. The standard InChI is InChI=1S/C11H22N2O2/c1-11(2,3)13(10(14)15)9-6-4-8(12)5-7-9/h8-9H,4-7,12H2,1-3H3,(H,14,15). The van der Waals surface area contributed by atoms with E-state index < -0.39 is 6.09 Å². The van der Waals surface area contributed by atoms with E-state index in [4.69, 9.17) is 5.73 Å². The first-order valence-corrected chi connectivity index (χ1v) is 5.60. The van der Waals surface area contributed by atoms with Crippen LogP contribution in [-0.2, 0) is 0 Å². The second kappa shape index (κ2) is 4.39. The first-order valence-electron chi connectivity index (χ1n) is 5.60. The van der Waals surface area contributed by atoms with Crippen LogP contribution in [0.1, 0.15) is 46.5 Å². The molecule has 0 bridgehead atoms. The molecule has 0 aromatic heterocycles. The van der Waals surface area contributed by atoms with Gasteiger partial charge >= 0.3 is 6.09 Å². The fraction of sp³-hybridized carbons (Fsp3) is 0.909. The molecule has 0 atom stereocenters. The van der Waals surface area contributed by atoms with Crippen molar-refractivity contribution in [1.29, 1.82) is 0 Å². The van der Waals surface area contributed by atoms with Crippen LogP contribution in [0.4, 0.5) is 4.79 Å². The van der Waals surface area contributed by atoms with Crippen LogP contribution in [0.3, 0.4) is 0 Å². The van der Waals surface area contributed by atoms with E-state index in [0.717, 1.165) is 25.7 Å². The number of carboxylic acid groups (broad SMARTS) is 1. The summed E-state index contributed by atoms with van der Waals surface area (Å²) in [5.41, 5.74) is 5.49. The van der Waals surface area contributed by atoms with Crippen LogP contribution >= 0.6 is 0 Å². The zero-order valence-corrected chi connectivity index (χ0v) is 9.86. The Bertz CT molecular complexity index is 227. The second-order valence-electron chi connectivity index (χ2n) is 5.39. The van der Waals surface area contributed by atoms with E-state index in [1.54, 1.807) is 4.90 Å². The van der Waals surface area contributed by atoms with Gasteiger partial charge in [-0.05, 0) is 46.5 Å². The molecule has 0 aromatic rings. The van der Waals surface area contributed by atoms with Gasteiger partial charge in [-0.1, -0.05) is 0 Å². The summed E-state index contributed by atoms with van der Waals surface area (Å²) in [6.07, 6.45) is 2.84. The minimum atomic E-state index is -0.817. The van der Waals surface area contributed by atoms with Crippen LogP contribution < -0.4 is 5.73 Å². The van der Waals surface area contributed by atoms with Crippen LogP contribution in [-0.4, -0.2) is 33.7 Å². The van der Waals surface area contributed by atoms with E-state index in [1.807, 2.05) is 20.8 Å². The molecule has 0 spiro atoms. The lowest BCUT2D eigenvalue weighted by Crippen LogP contribution is -2.52. The average Bonchev–Trinajstić information content (AvgIpc) is 2.05. The summed E-state index contributed by atoms with van der Waals surface area (Å²) < 4.78 is 0. The van der Waals surface area contributed by atoms with E-state index in [-0.39, 0.29) is 17.6 Å². The number of amides is 1. The molecule has 1 amide bonds. The summed E-state index contributed by atoms with van der Waals surface area (Å²) in [7, 11) is 0. The van der Waals surface area contributed by atoms with E-state index in [9.17, 15) is 9.90 Å². The van der Waals surface area contributed by atoms with Crippen molar-refractivity contribution in [2.24, 2.45) is 5.73 Å². The van der Waals surface area contributed by atoms with Gasteiger partial charge in [-0.25, -0.2) is 4.79 Å². The molecule has 1 aliphatic rings. The molecule has 4 nitrogen and oxygen atoms in total. The van der Waals surface area contributed by atoms with Gasteiger partial charge in [-0.15, -0.1) is 0 Å². The summed E-state index contributed by atoms with van der Waals surface area (Å²) in [5.74, 6) is 0. The highest BCUT2D eigenvalue weighted by Crippen LogP contribution is 2.27. The SMILES string of the molecule is CC(C)(C)N(C(=O)O)C1CCC(N)CC1. The fourth-order valence-corrected chi connectivity index (χ4v) is 2.35. The van der Waals surface area contributed by atoms with Crippen molar-refractivity contribution in [3.63, 3.8) is 0 Å². The van der Waals surface area contributed by atoms with Crippen molar-refractivity contribution >= 4 is 6.09 Å². The molecule has 0 aromatic carbocycles. The maximum atomic E-state index is 11.2. The van der Waals surface area contributed by atoms with Gasteiger partial charge in [-0.2, -0.15) is 0 Å². The molecule has 88 valence electrons. The topological polar surface area (TPSA) is 66.6 Å². The third kappa shape index (κ3) is 3.09. The van der Waals surface area contributed by atoms with E-state index in [2.05, 4.69) is 0 Å². The molecule has 1 fully saturated rings. The largest absolute Gasteiger partial charge is 0.465 e. The summed E-state index contributed by atoms with van der Waals surface area (Å²) >= 11 is 0. The van der Waals surface area contributed by atoms with Crippen molar-refractivity contribution in [2.45, 2.75) is 64.1 Å². The third-order valence-corrected chi connectivity index (χ3v) is 3.04. The molecule has 0 radical (unpaired) electrons. The molecule has 1 saturated carbocycles. The van der Waals surface area contributed by atoms with Gasteiger partial charge < -0.3 is 15.7 Å². The van der Waals surface area contributed by atoms with Crippen molar-refractivity contribution in [1.82, 2.24) is 4.90 Å². The van der Waals surface area contributed by atoms with Gasteiger partial charge in [0.2, 0.25) is 0 Å². The number of hydrogen-bond donors (Lipinski definition) is 2. The van der Waals surface area contributed by atoms with Crippen molar-refractivity contribution in [3.8, 4) is 0 Å². The number of rotatable bonds is 1. The zero-order valence-electron chi connectivity index (χ0n) is 9.86. The Balaban J connectivity index is 2.69. The molecule has 0 unspecified atom stereocenters. The summed E-state index contributed by atoms with van der Waals surface area (Å²) in [4.78, 5) is 12.8. The molecule has 0 saturated heterocycles. The number of carbonyl (C=O) groups is 1. The van der Waals surface area contributed by atoms with Gasteiger partial charge in [0.25, 0.3) is 0 Å². The minimum absolute atomic E-state index is 0.141. The number of nitrogens with two attached hydrogens (primary N) is 1. The van der Waals surface area contributed by atoms with Gasteiger partial charge in [0, 0.05) is 17.6 Å². The Morgan fingerprint density at radius 3 is 2.07 bits per heavy atom. The van der Waals surface area contributed by atoms with Crippen LogP contribution in [0.25, 0.3) is 0 Å². The normalized spacial score (nSPS) is 27.5. The van der Waals surface area contributed by atoms with Crippen molar-refractivity contribution in [2.75, 3.05) is 0 Å². The highest BCUT2D eigenvalue weighted by atomic mass is 16.4. The Morgan fingerprint density at radius 1 is 1.27 bits per heavy atom. The van der Waals surface area contributed by atoms with Gasteiger partial charge in [-0.3, -0.25) is 0 Å². The second-order valence-corrected chi connectivity index (χ2v) is 5.39. The zero-order chi connectivity index (χ0) is 11.6. The monoisotopic (exact) mass is 214 g/mol. The summed E-state index contributed by atoms with van der Waals surface area (Å²) in [6.45, 7) is 5.82. The minimum Gasteiger partial charge on any atom is -0.465 e. The average molecular weight is 214 g/mol. The lowest BCUT2D eigenvalue weighted by atomic mass is 9.88. The molecular weight excluding hydrogens is 192 g/mol. The van der Waals surface area contributed by atoms with Crippen LogP contribution in [0, 0.1) is 0 Å². The quantitative estimate of drug-likeness (QED) is 0.702. The first-order chi connectivity index (χ1) is 6.82. The molecule has 1 rings (SSSR count). The third-order valence-electron chi connectivity index (χ3n) is 3.04. The molecule has 15 heavy (non-hydrogen) atoms. The highest BCUT2D eigenvalue weighted by Gasteiger charge is 2.34. The maximum Gasteiger partial charge on any atom is 0.407 e. The van der Waals surface area contributed by atoms with Crippen molar-refractivity contribution < 1.29 is 9.90 Å². The highest BCUT2D eigenvalue weighted by molar-refractivity contribution is 5.66. The lowest BCUT2D eigenvalue weighted by Gasteiger charge is -2.42. The van der Waals surface area contributed by atoms with E-state index >= 15 is 0 Å². The number of hydrogen-bond acceptors (Lipinski definition) is 2. The Hall–Kier alpha value is -0.770. The van der Waals surface area contributed by atoms with Crippen LogP contribution in [0.5, 0.6) is 0 Å². The van der Waals surface area contributed by atoms with Crippen LogP contribution in [0.2, 0.25) is 0 Å². The summed E-state index contributed by atoms with van der Waals surface area (Å²) in [5, 5.41) is 9.22. The van der Waals surface area contributed by atoms with E-state index in [0.29, 0.717) is 0 Å². The van der Waals surface area contributed by atoms with Gasteiger partial charge in [0.05, 0.1) is 0 Å². The van der Waals surface area contributed by atoms with E-state index in [1.165, 1.54) is 0 Å². The predicted octanol–water partition coefficient (Wildman–Crippen LogP) is 2.03. The van der Waals surface area contributed by atoms with Crippen molar-refractivity contribution in [3.05, 3.63) is 0 Å². The molecule has 0 aliphatic heterocycles. The Kier molecular flexibility index (Phi) is 3.60. The lowest BCUT2D eigenvalue weighted by molar-refractivity contribution is 0.0549. The van der Waals surface area contributed by atoms with Gasteiger partial charge in [0.1, 0.15) is 0 Å². The molecule has 4 heteroatoms. The fourth-order valence-electron chi connectivity index (χ4n) is 2.35. The summed E-state index contributed by atoms with van der Waals surface area (Å²) in [6, 6.07) is 0.402. The Labute approximate surface area is 91.4 Å².